The third-order valence-corrected chi connectivity index (χ3v) is 6.94. The van der Waals surface area contributed by atoms with E-state index in [0.29, 0.717) is 48.9 Å². The van der Waals surface area contributed by atoms with Crippen molar-refractivity contribution in [2.75, 3.05) is 47.5 Å². The van der Waals surface area contributed by atoms with Crippen molar-refractivity contribution in [3.05, 3.63) is 36.3 Å². The van der Waals surface area contributed by atoms with Gasteiger partial charge in [0.05, 0.1) is 27.7 Å². The molecule has 0 bridgehead atoms. The van der Waals surface area contributed by atoms with Crippen molar-refractivity contribution < 1.29 is 27.4 Å². The van der Waals surface area contributed by atoms with E-state index in [4.69, 9.17) is 14.2 Å². The Kier molecular flexibility index (Phi) is 7.41. The molecule has 1 aliphatic rings. The Morgan fingerprint density at radius 3 is 2.28 bits per heavy atom. The number of benzene rings is 1. The molecule has 32 heavy (non-hydrogen) atoms. The van der Waals surface area contributed by atoms with Crippen LogP contribution in [0.3, 0.4) is 0 Å². The van der Waals surface area contributed by atoms with E-state index in [2.05, 4.69) is 4.98 Å². The summed E-state index contributed by atoms with van der Waals surface area (Å²) >= 11 is 0. The molecule has 1 aromatic carbocycles. The summed E-state index contributed by atoms with van der Waals surface area (Å²) < 4.78 is 44.6. The molecule has 2 heterocycles. The van der Waals surface area contributed by atoms with Gasteiger partial charge in [-0.25, -0.2) is 13.4 Å². The van der Waals surface area contributed by atoms with E-state index in [1.807, 2.05) is 0 Å². The van der Waals surface area contributed by atoms with Crippen LogP contribution in [0.4, 0.5) is 0 Å². The van der Waals surface area contributed by atoms with Crippen molar-refractivity contribution in [1.29, 1.82) is 0 Å². The number of methoxy groups -OCH3 is 3. The lowest BCUT2D eigenvalue weighted by Gasteiger charge is -2.20. The van der Waals surface area contributed by atoms with Gasteiger partial charge in [0.1, 0.15) is 0 Å². The highest BCUT2D eigenvalue weighted by Gasteiger charge is 2.29. The van der Waals surface area contributed by atoms with E-state index in [1.54, 1.807) is 34.7 Å². The molecule has 0 N–H and O–H groups in total. The summed E-state index contributed by atoms with van der Waals surface area (Å²) in [6.45, 7) is 1.30. The van der Waals surface area contributed by atoms with Gasteiger partial charge in [0.25, 0.3) is 10.0 Å². The van der Waals surface area contributed by atoms with Crippen LogP contribution in [-0.2, 0) is 21.9 Å². The SMILES string of the molecule is COc1cc(/C=C/C(=O)N2CCCN(S(=O)(=O)c3cn(C)cn3)CC2)cc(OC)c1OC. The minimum absolute atomic E-state index is 0.0158. The van der Waals surface area contributed by atoms with Crippen LogP contribution in [0, 0.1) is 0 Å². The smallest absolute Gasteiger partial charge is 0.262 e. The highest BCUT2D eigenvalue weighted by atomic mass is 32.2. The monoisotopic (exact) mass is 464 g/mol. The lowest BCUT2D eigenvalue weighted by Crippen LogP contribution is -2.36. The van der Waals surface area contributed by atoms with Gasteiger partial charge in [-0.1, -0.05) is 0 Å². The zero-order valence-electron chi connectivity index (χ0n) is 18.6. The molecule has 1 amide bonds. The molecule has 0 atom stereocenters. The second-order valence-electron chi connectivity index (χ2n) is 7.25. The number of hydrogen-bond donors (Lipinski definition) is 0. The molecule has 1 saturated heterocycles. The number of aryl methyl sites for hydroxylation is 1. The van der Waals surface area contributed by atoms with Crippen LogP contribution in [0.1, 0.15) is 12.0 Å². The fourth-order valence-electron chi connectivity index (χ4n) is 3.48. The first kappa shape index (κ1) is 23.6. The van der Waals surface area contributed by atoms with E-state index < -0.39 is 10.0 Å². The van der Waals surface area contributed by atoms with Crippen molar-refractivity contribution in [3.8, 4) is 17.2 Å². The normalized spacial score (nSPS) is 15.6. The molecule has 0 radical (unpaired) electrons. The van der Waals surface area contributed by atoms with Crippen LogP contribution >= 0.6 is 0 Å². The maximum Gasteiger partial charge on any atom is 0.262 e. The quantitative estimate of drug-likeness (QED) is 0.571. The van der Waals surface area contributed by atoms with Crippen molar-refractivity contribution in [3.63, 3.8) is 0 Å². The van der Waals surface area contributed by atoms with Gasteiger partial charge in [-0.2, -0.15) is 4.31 Å². The lowest BCUT2D eigenvalue weighted by atomic mass is 10.1. The Balaban J connectivity index is 1.70. The molecule has 174 valence electrons. The van der Waals surface area contributed by atoms with Crippen LogP contribution in [-0.4, -0.2) is 80.6 Å². The second-order valence-corrected chi connectivity index (χ2v) is 9.14. The maximum atomic E-state index is 12.8. The van der Waals surface area contributed by atoms with Gasteiger partial charge >= 0.3 is 0 Å². The van der Waals surface area contributed by atoms with Crippen molar-refractivity contribution in [2.45, 2.75) is 11.4 Å². The van der Waals surface area contributed by atoms with Crippen molar-refractivity contribution >= 4 is 22.0 Å². The third-order valence-electron chi connectivity index (χ3n) is 5.16. The van der Waals surface area contributed by atoms with Gasteiger partial charge in [0, 0.05) is 45.5 Å². The molecular weight excluding hydrogens is 436 g/mol. The summed E-state index contributed by atoms with van der Waals surface area (Å²) in [7, 11) is 2.61. The first-order valence-electron chi connectivity index (χ1n) is 10.0. The number of nitrogens with zero attached hydrogens (tertiary/aromatic N) is 4. The molecular formula is C21H28N4O6S. The summed E-state index contributed by atoms with van der Waals surface area (Å²) in [5, 5.41) is 0.0158. The Labute approximate surface area is 188 Å². The molecule has 3 rings (SSSR count). The van der Waals surface area contributed by atoms with Crippen LogP contribution in [0.25, 0.3) is 6.08 Å². The third kappa shape index (κ3) is 5.05. The first-order valence-corrected chi connectivity index (χ1v) is 11.5. The second kappa shape index (κ2) is 10.0. The average molecular weight is 465 g/mol. The Morgan fingerprint density at radius 1 is 1.03 bits per heavy atom. The average Bonchev–Trinajstić information content (AvgIpc) is 3.08. The molecule has 1 aliphatic heterocycles. The van der Waals surface area contributed by atoms with Gasteiger partial charge in [-0.3, -0.25) is 4.79 Å². The number of hydrogen-bond acceptors (Lipinski definition) is 7. The highest BCUT2D eigenvalue weighted by Crippen LogP contribution is 2.38. The minimum Gasteiger partial charge on any atom is -0.493 e. The molecule has 10 nitrogen and oxygen atoms in total. The van der Waals surface area contributed by atoms with Gasteiger partial charge in [-0.15, -0.1) is 0 Å². The molecule has 2 aromatic rings. The van der Waals surface area contributed by atoms with Gasteiger partial charge in [-0.05, 0) is 30.2 Å². The lowest BCUT2D eigenvalue weighted by molar-refractivity contribution is -0.125. The van der Waals surface area contributed by atoms with Gasteiger partial charge < -0.3 is 23.7 Å². The van der Waals surface area contributed by atoms with Gasteiger partial charge in [0.15, 0.2) is 16.5 Å². The molecule has 1 aromatic heterocycles. The van der Waals surface area contributed by atoms with E-state index in [1.165, 1.54) is 44.2 Å². The minimum atomic E-state index is -3.69. The topological polar surface area (TPSA) is 103 Å². The number of amides is 1. The summed E-state index contributed by atoms with van der Waals surface area (Å²) in [5.74, 6) is 1.25. The fraction of sp³-hybridized carbons (Fsp3) is 0.429. The van der Waals surface area contributed by atoms with Crippen LogP contribution in [0.5, 0.6) is 17.2 Å². The molecule has 0 saturated carbocycles. The Bertz CT molecular complexity index is 1070. The molecule has 0 unspecified atom stereocenters. The number of ether oxygens (including phenoxy) is 3. The van der Waals surface area contributed by atoms with E-state index in [0.717, 1.165) is 0 Å². The molecule has 0 aliphatic carbocycles. The van der Waals surface area contributed by atoms with Crippen LogP contribution in [0.15, 0.2) is 35.8 Å². The molecule has 11 heteroatoms. The molecule has 0 spiro atoms. The van der Waals surface area contributed by atoms with Crippen LogP contribution in [0.2, 0.25) is 0 Å². The predicted molar refractivity (Wildman–Crippen MR) is 118 cm³/mol. The van der Waals surface area contributed by atoms with Crippen molar-refractivity contribution in [2.24, 2.45) is 7.05 Å². The number of carbonyl (C=O) groups excluding carboxylic acids is 1. The predicted octanol–water partition coefficient (Wildman–Crippen LogP) is 1.38. The number of rotatable bonds is 7. The highest BCUT2D eigenvalue weighted by molar-refractivity contribution is 7.89. The van der Waals surface area contributed by atoms with Gasteiger partial charge in [0.2, 0.25) is 11.7 Å². The molecule has 1 fully saturated rings. The number of carbonyl (C=O) groups is 1. The van der Waals surface area contributed by atoms with E-state index >= 15 is 0 Å². The Hall–Kier alpha value is -3.05. The largest absolute Gasteiger partial charge is 0.493 e. The number of sulfonamides is 1. The first-order chi connectivity index (χ1) is 15.3. The zero-order chi connectivity index (χ0) is 23.3. The standard InChI is InChI=1S/C21H28N4O6S/c1-23-14-19(22-15-23)32(27,28)25-9-5-8-24(10-11-25)20(26)7-6-16-12-17(29-2)21(31-4)18(13-16)30-3/h6-7,12-15H,5,8-11H2,1-4H3/b7-6+. The Morgan fingerprint density at radius 2 is 1.72 bits per heavy atom. The van der Waals surface area contributed by atoms with E-state index in [-0.39, 0.29) is 17.5 Å². The summed E-state index contributed by atoms with van der Waals surface area (Å²) in [6.07, 6.45) is 6.59. The number of imidazole rings is 1. The van der Waals surface area contributed by atoms with E-state index in [9.17, 15) is 13.2 Å². The summed E-state index contributed by atoms with van der Waals surface area (Å²) in [4.78, 5) is 18.4. The summed E-state index contributed by atoms with van der Waals surface area (Å²) in [6, 6.07) is 3.49. The van der Waals surface area contributed by atoms with Crippen molar-refractivity contribution in [1.82, 2.24) is 18.8 Å². The zero-order valence-corrected chi connectivity index (χ0v) is 19.5. The maximum absolute atomic E-state index is 12.8. The number of aromatic nitrogens is 2. The fourth-order valence-corrected chi connectivity index (χ4v) is 4.92. The summed E-state index contributed by atoms with van der Waals surface area (Å²) in [5.41, 5.74) is 0.710. The van der Waals surface area contributed by atoms with Crippen LogP contribution < -0.4 is 14.2 Å².